The first-order valence-electron chi connectivity index (χ1n) is 10.0. The zero-order chi connectivity index (χ0) is 21.0. The molecule has 2 heterocycles. The number of aromatic nitrogens is 2. The summed E-state index contributed by atoms with van der Waals surface area (Å²) in [5, 5.41) is 3.66. The Morgan fingerprint density at radius 3 is 2.76 bits per heavy atom. The van der Waals surface area contributed by atoms with E-state index in [2.05, 4.69) is 44.5 Å². The molecule has 1 amide bonds. The Bertz CT molecular complexity index is 868. The lowest BCUT2D eigenvalue weighted by molar-refractivity contribution is 0.0815. The number of ether oxygens (including phenoxy) is 1. The number of carbonyl (C=O) groups is 1. The van der Waals surface area contributed by atoms with Crippen molar-refractivity contribution in [2.45, 2.75) is 39.5 Å². The van der Waals surface area contributed by atoms with Crippen molar-refractivity contribution in [3.8, 4) is 0 Å². The Morgan fingerprint density at radius 1 is 1.28 bits per heavy atom. The molecule has 7 nitrogen and oxygen atoms in total. The van der Waals surface area contributed by atoms with E-state index in [4.69, 9.17) is 4.74 Å². The highest BCUT2D eigenvalue weighted by atomic mass is 16.5. The summed E-state index contributed by atoms with van der Waals surface area (Å²) < 4.78 is 5.22. The van der Waals surface area contributed by atoms with Crippen molar-refractivity contribution in [2.24, 2.45) is 0 Å². The highest BCUT2D eigenvalue weighted by Gasteiger charge is 2.26. The second-order valence-corrected chi connectivity index (χ2v) is 7.85. The van der Waals surface area contributed by atoms with Gasteiger partial charge < -0.3 is 19.9 Å². The molecule has 0 bridgehead atoms. The van der Waals surface area contributed by atoms with Crippen molar-refractivity contribution >= 4 is 11.7 Å². The third-order valence-corrected chi connectivity index (χ3v) is 5.35. The Labute approximate surface area is 173 Å². The summed E-state index contributed by atoms with van der Waals surface area (Å²) in [4.78, 5) is 25.1. The van der Waals surface area contributed by atoms with Crippen molar-refractivity contribution in [1.82, 2.24) is 20.2 Å². The van der Waals surface area contributed by atoms with Gasteiger partial charge in [0.15, 0.2) is 0 Å². The second-order valence-electron chi connectivity index (χ2n) is 7.85. The molecule has 1 aliphatic heterocycles. The Balaban J connectivity index is 1.66. The molecular formula is C22H31N5O2. The number of amides is 1. The fourth-order valence-corrected chi connectivity index (χ4v) is 3.59. The molecule has 1 N–H and O–H groups in total. The first-order chi connectivity index (χ1) is 13.9. The summed E-state index contributed by atoms with van der Waals surface area (Å²) in [5.41, 5.74) is 4.33. The maximum atomic E-state index is 12.3. The van der Waals surface area contributed by atoms with Gasteiger partial charge in [0.1, 0.15) is 5.82 Å². The predicted molar refractivity (Wildman–Crippen MR) is 114 cm³/mol. The normalized spacial score (nSPS) is 16.3. The lowest BCUT2D eigenvalue weighted by Crippen LogP contribution is -2.33. The Kier molecular flexibility index (Phi) is 6.82. The minimum atomic E-state index is -0.167. The largest absolute Gasteiger partial charge is 0.380 e. The zero-order valence-electron chi connectivity index (χ0n) is 18.0. The number of nitrogens with zero attached hydrogens (tertiary/aromatic N) is 4. The third-order valence-electron chi connectivity index (χ3n) is 5.35. The van der Waals surface area contributed by atoms with Crippen LogP contribution in [0.2, 0.25) is 0 Å². The van der Waals surface area contributed by atoms with Gasteiger partial charge in [0.25, 0.3) is 5.91 Å². The lowest BCUT2D eigenvalue weighted by atomic mass is 10.1. The number of methoxy groups -OCH3 is 1. The van der Waals surface area contributed by atoms with Gasteiger partial charge in [-0.15, -0.1) is 0 Å². The molecule has 1 saturated heterocycles. The summed E-state index contributed by atoms with van der Waals surface area (Å²) in [6.45, 7) is 7.19. The van der Waals surface area contributed by atoms with Gasteiger partial charge in [-0.1, -0.05) is 24.3 Å². The van der Waals surface area contributed by atoms with Gasteiger partial charge >= 0.3 is 0 Å². The van der Waals surface area contributed by atoms with Crippen LogP contribution in [0, 0.1) is 13.8 Å². The zero-order valence-corrected chi connectivity index (χ0v) is 18.0. The predicted octanol–water partition coefficient (Wildman–Crippen LogP) is 2.31. The number of hydrogen-bond donors (Lipinski definition) is 1. The Hall–Kier alpha value is -2.51. The van der Waals surface area contributed by atoms with E-state index in [1.807, 2.05) is 13.8 Å². The number of benzene rings is 1. The standard InChI is InChI=1S/C22H31N5O2/c1-15-16(2)24-20(22(28)26(3)4)25-21(15)27-10-9-19(13-27)23-12-17-7-6-8-18(11-17)14-29-5/h6-8,11,19,23H,9-10,12-14H2,1-5H3/t19-/m1/s1. The van der Waals surface area contributed by atoms with Gasteiger partial charge in [-0.05, 0) is 31.4 Å². The van der Waals surface area contributed by atoms with E-state index in [1.54, 1.807) is 21.2 Å². The molecule has 0 spiro atoms. The maximum Gasteiger partial charge on any atom is 0.291 e. The highest BCUT2D eigenvalue weighted by molar-refractivity contribution is 5.90. The van der Waals surface area contributed by atoms with Crippen LogP contribution < -0.4 is 10.2 Å². The van der Waals surface area contributed by atoms with E-state index in [-0.39, 0.29) is 11.7 Å². The third kappa shape index (κ3) is 5.10. The molecule has 156 valence electrons. The smallest absolute Gasteiger partial charge is 0.291 e. The van der Waals surface area contributed by atoms with Crippen LogP contribution in [0.15, 0.2) is 24.3 Å². The van der Waals surface area contributed by atoms with Gasteiger partial charge in [-0.2, -0.15) is 0 Å². The van der Waals surface area contributed by atoms with E-state index < -0.39 is 0 Å². The number of rotatable bonds is 7. The van der Waals surface area contributed by atoms with Crippen LogP contribution in [0.1, 0.15) is 39.4 Å². The molecule has 0 saturated carbocycles. The van der Waals surface area contributed by atoms with E-state index in [0.29, 0.717) is 12.6 Å². The van der Waals surface area contributed by atoms with E-state index in [0.717, 1.165) is 43.1 Å². The van der Waals surface area contributed by atoms with Crippen LogP contribution >= 0.6 is 0 Å². The minimum absolute atomic E-state index is 0.167. The molecule has 7 heteroatoms. The first-order valence-corrected chi connectivity index (χ1v) is 10.0. The fraction of sp³-hybridized carbons (Fsp3) is 0.500. The minimum Gasteiger partial charge on any atom is -0.380 e. The number of hydrogen-bond acceptors (Lipinski definition) is 6. The summed E-state index contributed by atoms with van der Waals surface area (Å²) in [5.74, 6) is 0.965. The molecule has 29 heavy (non-hydrogen) atoms. The summed E-state index contributed by atoms with van der Waals surface area (Å²) in [6, 6.07) is 8.85. The second kappa shape index (κ2) is 9.33. The van der Waals surface area contributed by atoms with Crippen molar-refractivity contribution in [1.29, 1.82) is 0 Å². The van der Waals surface area contributed by atoms with Crippen LogP contribution in [0.5, 0.6) is 0 Å². The van der Waals surface area contributed by atoms with E-state index in [9.17, 15) is 4.79 Å². The highest BCUT2D eigenvalue weighted by Crippen LogP contribution is 2.24. The van der Waals surface area contributed by atoms with Gasteiger partial charge in [0, 0.05) is 58.1 Å². The number of anilines is 1. The lowest BCUT2D eigenvalue weighted by Gasteiger charge is -2.22. The van der Waals surface area contributed by atoms with Gasteiger partial charge in [-0.3, -0.25) is 4.79 Å². The van der Waals surface area contributed by atoms with Gasteiger partial charge in [0.2, 0.25) is 5.82 Å². The molecule has 0 radical (unpaired) electrons. The topological polar surface area (TPSA) is 70.6 Å². The first kappa shape index (κ1) is 21.2. The molecule has 0 unspecified atom stereocenters. The van der Waals surface area contributed by atoms with Crippen LogP contribution in [0.4, 0.5) is 5.82 Å². The van der Waals surface area contributed by atoms with Gasteiger partial charge in [0.05, 0.1) is 6.61 Å². The van der Waals surface area contributed by atoms with E-state index in [1.165, 1.54) is 16.0 Å². The van der Waals surface area contributed by atoms with Crippen LogP contribution in [0.25, 0.3) is 0 Å². The van der Waals surface area contributed by atoms with Crippen LogP contribution in [-0.4, -0.2) is 61.1 Å². The molecule has 1 aliphatic rings. The monoisotopic (exact) mass is 397 g/mol. The summed E-state index contributed by atoms with van der Waals surface area (Å²) in [7, 11) is 5.16. The molecule has 0 aliphatic carbocycles. The molecular weight excluding hydrogens is 366 g/mol. The SMILES string of the molecule is COCc1cccc(CN[C@@H]2CCN(c3nc(C(=O)N(C)C)nc(C)c3C)C2)c1. The molecule has 1 aromatic heterocycles. The molecule has 3 rings (SSSR count). The van der Waals surface area contributed by atoms with Crippen LogP contribution in [-0.2, 0) is 17.9 Å². The number of nitrogens with one attached hydrogen (secondary N) is 1. The molecule has 1 aromatic carbocycles. The number of aryl methyl sites for hydroxylation is 1. The summed E-state index contributed by atoms with van der Waals surface area (Å²) >= 11 is 0. The van der Waals surface area contributed by atoms with Gasteiger partial charge in [-0.25, -0.2) is 9.97 Å². The number of carbonyl (C=O) groups excluding carboxylic acids is 1. The van der Waals surface area contributed by atoms with Crippen molar-refractivity contribution in [3.63, 3.8) is 0 Å². The quantitative estimate of drug-likeness (QED) is 0.773. The van der Waals surface area contributed by atoms with Crippen molar-refractivity contribution < 1.29 is 9.53 Å². The molecule has 1 atom stereocenters. The maximum absolute atomic E-state index is 12.3. The Morgan fingerprint density at radius 2 is 2.03 bits per heavy atom. The van der Waals surface area contributed by atoms with Crippen molar-refractivity contribution in [3.05, 3.63) is 52.5 Å². The average molecular weight is 398 g/mol. The summed E-state index contributed by atoms with van der Waals surface area (Å²) in [6.07, 6.45) is 1.04. The molecule has 1 fully saturated rings. The van der Waals surface area contributed by atoms with Crippen molar-refractivity contribution in [2.75, 3.05) is 39.2 Å². The average Bonchev–Trinajstić information content (AvgIpc) is 3.17. The van der Waals surface area contributed by atoms with Crippen LogP contribution in [0.3, 0.4) is 0 Å². The fourth-order valence-electron chi connectivity index (χ4n) is 3.59. The van der Waals surface area contributed by atoms with E-state index >= 15 is 0 Å². The molecule has 2 aromatic rings.